The number of hydrogen-bond acceptors (Lipinski definition) is 2. The topological polar surface area (TPSA) is 40.5 Å². The molecule has 0 atom stereocenters. The van der Waals surface area contributed by atoms with E-state index in [1.54, 1.807) is 0 Å². The van der Waals surface area contributed by atoms with Crippen molar-refractivity contribution in [2.45, 2.75) is 88.9 Å². The quantitative estimate of drug-likeness (QED) is 0.274. The van der Waals surface area contributed by atoms with Crippen molar-refractivity contribution in [3.8, 4) is 33.8 Å². The van der Waals surface area contributed by atoms with Crippen LogP contribution in [0.15, 0.2) is 97.1 Å². The van der Waals surface area contributed by atoms with Crippen LogP contribution in [0.3, 0.4) is 0 Å². The van der Waals surface area contributed by atoms with E-state index < -0.39 is 0 Å². The summed E-state index contributed by atoms with van der Waals surface area (Å²) in [6.07, 6.45) is 16.3. The first-order valence-electron chi connectivity index (χ1n) is 15.5. The summed E-state index contributed by atoms with van der Waals surface area (Å²) in [7, 11) is 0. The van der Waals surface area contributed by atoms with Crippen LogP contribution in [0.4, 0.5) is 0 Å². The molecule has 40 heavy (non-hydrogen) atoms. The monoisotopic (exact) mass is 532 g/mol. The Bertz CT molecular complexity index is 1240. The van der Waals surface area contributed by atoms with E-state index in [4.69, 9.17) is 0 Å². The van der Waals surface area contributed by atoms with Crippen molar-refractivity contribution in [2.24, 2.45) is 0 Å². The van der Waals surface area contributed by atoms with Crippen LogP contribution in [0.25, 0.3) is 22.3 Å². The van der Waals surface area contributed by atoms with Gasteiger partial charge in [0, 0.05) is 16.5 Å². The summed E-state index contributed by atoms with van der Waals surface area (Å²) in [5.41, 5.74) is 6.18. The van der Waals surface area contributed by atoms with E-state index in [1.165, 1.54) is 81.8 Å². The molecule has 0 saturated heterocycles. The molecule has 2 N–H and O–H groups in total. The first-order chi connectivity index (χ1) is 19.7. The predicted molar refractivity (Wildman–Crippen MR) is 168 cm³/mol. The summed E-state index contributed by atoms with van der Waals surface area (Å²) < 4.78 is 0. The first-order valence-corrected chi connectivity index (χ1v) is 15.5. The van der Waals surface area contributed by atoms with Gasteiger partial charge in [-0.05, 0) is 59.4 Å². The lowest BCUT2D eigenvalue weighted by atomic mass is 9.67. The third kappa shape index (κ3) is 6.61. The molecule has 0 unspecified atom stereocenters. The smallest absolute Gasteiger partial charge is 0.123 e. The SMILES string of the molecule is Oc1ccc(C2(c3ccc(O)c(-c4ccccc4)c3)CCCCCCCCCCCCC2)cc1-c1ccccc1. The highest BCUT2D eigenvalue weighted by Crippen LogP contribution is 2.46. The van der Waals surface area contributed by atoms with Gasteiger partial charge in [-0.1, -0.05) is 143 Å². The van der Waals surface area contributed by atoms with Crippen LogP contribution in [0, 0.1) is 0 Å². The van der Waals surface area contributed by atoms with Gasteiger partial charge in [-0.25, -0.2) is 0 Å². The molecule has 5 rings (SSSR count). The Balaban J connectivity index is 1.63. The van der Waals surface area contributed by atoms with Gasteiger partial charge >= 0.3 is 0 Å². The first kappa shape index (κ1) is 28.0. The molecule has 0 spiro atoms. The fraction of sp³-hybridized carbons (Fsp3) is 0.368. The number of aromatic hydroxyl groups is 2. The Morgan fingerprint density at radius 3 is 1.12 bits per heavy atom. The molecule has 0 aliphatic heterocycles. The minimum atomic E-state index is -0.196. The van der Waals surface area contributed by atoms with Crippen LogP contribution < -0.4 is 0 Å². The Kier molecular flexibility index (Phi) is 9.60. The maximum absolute atomic E-state index is 10.9. The largest absolute Gasteiger partial charge is 0.507 e. The third-order valence-electron chi connectivity index (χ3n) is 8.97. The second-order valence-electron chi connectivity index (χ2n) is 11.7. The molecule has 4 aromatic rings. The van der Waals surface area contributed by atoms with E-state index in [1.807, 2.05) is 48.5 Å². The van der Waals surface area contributed by atoms with Gasteiger partial charge in [0.15, 0.2) is 0 Å². The molecule has 0 amide bonds. The molecule has 0 bridgehead atoms. The van der Waals surface area contributed by atoms with Gasteiger partial charge in [-0.15, -0.1) is 0 Å². The van der Waals surface area contributed by atoms with Crippen LogP contribution >= 0.6 is 0 Å². The van der Waals surface area contributed by atoms with Crippen molar-refractivity contribution < 1.29 is 10.2 Å². The predicted octanol–water partition coefficient (Wildman–Crippen LogP) is 10.8. The van der Waals surface area contributed by atoms with Crippen LogP contribution in [0.5, 0.6) is 11.5 Å². The van der Waals surface area contributed by atoms with E-state index in [-0.39, 0.29) is 5.41 Å². The van der Waals surface area contributed by atoms with E-state index in [9.17, 15) is 10.2 Å². The highest BCUT2D eigenvalue weighted by atomic mass is 16.3. The van der Waals surface area contributed by atoms with Gasteiger partial charge in [0.2, 0.25) is 0 Å². The number of phenols is 2. The molecule has 2 heteroatoms. The summed E-state index contributed by atoms with van der Waals surface area (Å²) in [6.45, 7) is 0. The molecule has 2 nitrogen and oxygen atoms in total. The number of hydrogen-bond donors (Lipinski definition) is 2. The van der Waals surface area contributed by atoms with Gasteiger partial charge in [-0.3, -0.25) is 0 Å². The van der Waals surface area contributed by atoms with Crippen molar-refractivity contribution in [3.05, 3.63) is 108 Å². The normalized spacial score (nSPS) is 17.1. The van der Waals surface area contributed by atoms with E-state index in [0.29, 0.717) is 11.5 Å². The van der Waals surface area contributed by atoms with E-state index in [2.05, 4.69) is 48.5 Å². The fourth-order valence-corrected chi connectivity index (χ4v) is 6.68. The Morgan fingerprint density at radius 1 is 0.400 bits per heavy atom. The van der Waals surface area contributed by atoms with E-state index >= 15 is 0 Å². The van der Waals surface area contributed by atoms with Crippen molar-refractivity contribution in [3.63, 3.8) is 0 Å². The molecule has 0 radical (unpaired) electrons. The summed E-state index contributed by atoms with van der Waals surface area (Å²) in [5.74, 6) is 0.642. The number of benzene rings is 4. The maximum Gasteiger partial charge on any atom is 0.123 e. The van der Waals surface area contributed by atoms with Crippen LogP contribution in [-0.2, 0) is 5.41 Å². The summed E-state index contributed by atoms with van der Waals surface area (Å²) >= 11 is 0. The molecule has 4 aromatic carbocycles. The van der Waals surface area contributed by atoms with Crippen molar-refractivity contribution in [1.82, 2.24) is 0 Å². The van der Waals surface area contributed by atoms with Gasteiger partial charge in [0.25, 0.3) is 0 Å². The molecule has 1 aliphatic carbocycles. The van der Waals surface area contributed by atoms with Crippen LogP contribution in [0.2, 0.25) is 0 Å². The molecule has 1 saturated carbocycles. The minimum absolute atomic E-state index is 0.196. The molecule has 1 aliphatic rings. The van der Waals surface area contributed by atoms with Gasteiger partial charge in [0.05, 0.1) is 0 Å². The second-order valence-corrected chi connectivity index (χ2v) is 11.7. The Labute approximate surface area is 240 Å². The molecule has 1 fully saturated rings. The van der Waals surface area contributed by atoms with Crippen molar-refractivity contribution in [1.29, 1.82) is 0 Å². The minimum Gasteiger partial charge on any atom is -0.507 e. The molecule has 208 valence electrons. The summed E-state index contributed by atoms with van der Waals surface area (Å²) in [6, 6.07) is 33.0. The fourth-order valence-electron chi connectivity index (χ4n) is 6.68. The molecular weight excluding hydrogens is 488 g/mol. The maximum atomic E-state index is 10.9. The van der Waals surface area contributed by atoms with Crippen molar-refractivity contribution >= 4 is 0 Å². The standard InChI is InChI=1S/C38H44O2/c39-36-24-22-32(28-34(36)30-18-12-10-13-19-30)38(26-16-8-6-4-2-1-3-5-7-9-17-27-38)33-23-25-37(40)35(29-33)31-20-14-11-15-21-31/h10-15,18-25,28-29,39-40H,1-9,16-17,26-27H2. The zero-order valence-electron chi connectivity index (χ0n) is 23.8. The third-order valence-corrected chi connectivity index (χ3v) is 8.97. The molecular formula is C38H44O2. The lowest BCUT2D eigenvalue weighted by Gasteiger charge is -2.37. The van der Waals surface area contributed by atoms with E-state index in [0.717, 1.165) is 35.1 Å². The lowest BCUT2D eigenvalue weighted by Crippen LogP contribution is -2.28. The van der Waals surface area contributed by atoms with Gasteiger partial charge in [-0.2, -0.15) is 0 Å². The average Bonchev–Trinajstić information content (AvgIpc) is 3.00. The second kappa shape index (κ2) is 13.7. The summed E-state index contributed by atoms with van der Waals surface area (Å²) in [4.78, 5) is 0. The molecule has 0 aromatic heterocycles. The lowest BCUT2D eigenvalue weighted by molar-refractivity contribution is 0.385. The number of phenolic OH excluding ortho intramolecular Hbond substituents is 2. The Morgan fingerprint density at radius 2 is 0.750 bits per heavy atom. The van der Waals surface area contributed by atoms with Crippen molar-refractivity contribution in [2.75, 3.05) is 0 Å². The van der Waals surface area contributed by atoms with Gasteiger partial charge in [0.1, 0.15) is 11.5 Å². The average molecular weight is 533 g/mol. The van der Waals surface area contributed by atoms with Crippen LogP contribution in [0.1, 0.15) is 94.6 Å². The summed E-state index contributed by atoms with van der Waals surface area (Å²) in [5, 5.41) is 21.9. The highest BCUT2D eigenvalue weighted by Gasteiger charge is 2.35. The highest BCUT2D eigenvalue weighted by molar-refractivity contribution is 5.73. The van der Waals surface area contributed by atoms with Crippen LogP contribution in [-0.4, -0.2) is 10.2 Å². The zero-order valence-corrected chi connectivity index (χ0v) is 23.8. The van der Waals surface area contributed by atoms with Gasteiger partial charge < -0.3 is 10.2 Å². The molecule has 0 heterocycles. The zero-order chi connectivity index (χ0) is 27.6. The Hall–Kier alpha value is -3.52. The number of rotatable bonds is 4.